The molecule has 1 aromatic carbocycles. The molecule has 3 rings (SSSR count). The summed E-state index contributed by atoms with van der Waals surface area (Å²) in [5.41, 5.74) is -0.712. The van der Waals surface area contributed by atoms with Crippen molar-refractivity contribution in [3.05, 3.63) is 42.1 Å². The van der Waals surface area contributed by atoms with Gasteiger partial charge in [0, 0.05) is 17.0 Å². The van der Waals surface area contributed by atoms with E-state index in [1.807, 2.05) is 6.92 Å². The molecule has 0 saturated carbocycles. The highest BCUT2D eigenvalue weighted by Crippen LogP contribution is 2.37. The van der Waals surface area contributed by atoms with E-state index in [9.17, 15) is 18.0 Å². The number of imidazole rings is 1. The molecule has 0 aliphatic carbocycles. The van der Waals surface area contributed by atoms with Gasteiger partial charge in [-0.15, -0.1) is 5.10 Å². The maximum atomic E-state index is 13.4. The Morgan fingerprint density at radius 1 is 1.17 bits per heavy atom. The van der Waals surface area contributed by atoms with Gasteiger partial charge in [0.1, 0.15) is 0 Å². The lowest BCUT2D eigenvalue weighted by Gasteiger charge is -2.20. The third-order valence-corrected chi connectivity index (χ3v) is 4.14. The summed E-state index contributed by atoms with van der Waals surface area (Å²) in [7, 11) is 0. The first-order valence-corrected chi connectivity index (χ1v) is 9.01. The number of hydrogen-bond acceptors (Lipinski definition) is 4. The second kappa shape index (κ2) is 7.38. The van der Waals surface area contributed by atoms with Crippen LogP contribution in [-0.2, 0) is 11.0 Å². The fourth-order valence-electron chi connectivity index (χ4n) is 2.59. The van der Waals surface area contributed by atoms with Crippen LogP contribution in [0.4, 0.5) is 18.9 Å². The standard InChI is InChI=1S/C20H21F3N4O2/c1-5-29-17-9-8-16-24-15(11-27(16)26-17)12-6-7-13(20(21,22)23)14(10-12)25-18(28)19(2,3)4/h6-11H,5H2,1-4H3,(H,25,28). The van der Waals surface area contributed by atoms with Crippen LogP contribution in [0.15, 0.2) is 36.5 Å². The second-order valence-corrected chi connectivity index (χ2v) is 7.50. The van der Waals surface area contributed by atoms with Crippen molar-refractivity contribution in [2.24, 2.45) is 5.41 Å². The first-order valence-electron chi connectivity index (χ1n) is 9.01. The Morgan fingerprint density at radius 3 is 2.52 bits per heavy atom. The smallest absolute Gasteiger partial charge is 0.418 e. The van der Waals surface area contributed by atoms with Gasteiger partial charge in [0.2, 0.25) is 11.8 Å². The van der Waals surface area contributed by atoms with Crippen molar-refractivity contribution in [2.75, 3.05) is 11.9 Å². The fourth-order valence-corrected chi connectivity index (χ4v) is 2.59. The maximum absolute atomic E-state index is 13.4. The highest BCUT2D eigenvalue weighted by Gasteiger charge is 2.35. The molecule has 9 heteroatoms. The number of nitrogens with one attached hydrogen (secondary N) is 1. The SMILES string of the molecule is CCOc1ccc2nc(-c3ccc(C(F)(F)F)c(NC(=O)C(C)(C)C)c3)cn2n1. The minimum atomic E-state index is -4.61. The highest BCUT2D eigenvalue weighted by atomic mass is 19.4. The summed E-state index contributed by atoms with van der Waals surface area (Å²) in [6, 6.07) is 6.90. The number of benzene rings is 1. The minimum absolute atomic E-state index is 0.310. The van der Waals surface area contributed by atoms with Gasteiger partial charge in [0.25, 0.3) is 0 Å². The van der Waals surface area contributed by atoms with Crippen molar-refractivity contribution < 1.29 is 22.7 Å². The number of carbonyl (C=O) groups excluding carboxylic acids is 1. The van der Waals surface area contributed by atoms with Crippen LogP contribution in [-0.4, -0.2) is 27.1 Å². The summed E-state index contributed by atoms with van der Waals surface area (Å²) >= 11 is 0. The number of amides is 1. The Hall–Kier alpha value is -3.10. The number of fused-ring (bicyclic) bond motifs is 1. The van der Waals surface area contributed by atoms with Gasteiger partial charge in [-0.05, 0) is 25.1 Å². The lowest BCUT2D eigenvalue weighted by molar-refractivity contribution is -0.137. The number of halogens is 3. The van der Waals surface area contributed by atoms with Gasteiger partial charge in [-0.2, -0.15) is 13.2 Å². The number of anilines is 1. The van der Waals surface area contributed by atoms with Gasteiger partial charge in [0.15, 0.2) is 5.65 Å². The molecule has 0 bridgehead atoms. The number of ether oxygens (including phenoxy) is 1. The van der Waals surface area contributed by atoms with E-state index in [0.29, 0.717) is 29.4 Å². The van der Waals surface area contributed by atoms with Gasteiger partial charge in [-0.1, -0.05) is 26.8 Å². The van der Waals surface area contributed by atoms with E-state index >= 15 is 0 Å². The largest absolute Gasteiger partial charge is 0.477 e. The van der Waals surface area contributed by atoms with Crippen LogP contribution >= 0.6 is 0 Å². The second-order valence-electron chi connectivity index (χ2n) is 7.50. The average molecular weight is 406 g/mol. The molecule has 0 aliphatic rings. The maximum Gasteiger partial charge on any atom is 0.418 e. The van der Waals surface area contributed by atoms with E-state index < -0.39 is 23.1 Å². The van der Waals surface area contributed by atoms with Crippen LogP contribution in [0, 0.1) is 5.41 Å². The van der Waals surface area contributed by atoms with Crippen molar-refractivity contribution in [3.8, 4) is 17.1 Å². The van der Waals surface area contributed by atoms with E-state index in [-0.39, 0.29) is 5.69 Å². The van der Waals surface area contributed by atoms with Crippen molar-refractivity contribution in [3.63, 3.8) is 0 Å². The fraction of sp³-hybridized carbons (Fsp3) is 0.350. The van der Waals surface area contributed by atoms with E-state index in [1.54, 1.807) is 39.1 Å². The monoisotopic (exact) mass is 406 g/mol. The van der Waals surface area contributed by atoms with Gasteiger partial charge >= 0.3 is 6.18 Å². The molecule has 0 spiro atoms. The molecule has 3 aromatic rings. The van der Waals surface area contributed by atoms with Crippen molar-refractivity contribution in [1.29, 1.82) is 0 Å². The zero-order valence-electron chi connectivity index (χ0n) is 16.5. The van der Waals surface area contributed by atoms with E-state index in [1.165, 1.54) is 16.6 Å². The molecule has 1 amide bonds. The number of alkyl halides is 3. The zero-order valence-corrected chi connectivity index (χ0v) is 16.5. The lowest BCUT2D eigenvalue weighted by Crippen LogP contribution is -2.28. The first-order chi connectivity index (χ1) is 13.5. The summed E-state index contributed by atoms with van der Waals surface area (Å²) < 4.78 is 47.1. The Kier molecular flexibility index (Phi) is 5.25. The Morgan fingerprint density at radius 2 is 1.90 bits per heavy atom. The summed E-state index contributed by atoms with van der Waals surface area (Å²) in [6.45, 7) is 7.17. The van der Waals surface area contributed by atoms with Crippen molar-refractivity contribution >= 4 is 17.2 Å². The Labute approximate surface area is 165 Å². The topological polar surface area (TPSA) is 68.5 Å². The van der Waals surface area contributed by atoms with Crippen LogP contribution < -0.4 is 10.1 Å². The number of hydrogen-bond donors (Lipinski definition) is 1. The molecule has 0 atom stereocenters. The molecule has 0 saturated heterocycles. The number of rotatable bonds is 4. The quantitative estimate of drug-likeness (QED) is 0.676. The van der Waals surface area contributed by atoms with Gasteiger partial charge in [-0.3, -0.25) is 4.79 Å². The summed E-state index contributed by atoms with van der Waals surface area (Å²) in [6.07, 6.45) is -3.01. The molecular formula is C20H21F3N4O2. The molecule has 154 valence electrons. The molecular weight excluding hydrogens is 385 g/mol. The van der Waals surface area contributed by atoms with Crippen LogP contribution in [0.3, 0.4) is 0 Å². The van der Waals surface area contributed by atoms with Gasteiger partial charge in [0.05, 0.1) is 29.7 Å². The molecule has 6 nitrogen and oxygen atoms in total. The van der Waals surface area contributed by atoms with Gasteiger partial charge < -0.3 is 10.1 Å². The summed E-state index contributed by atoms with van der Waals surface area (Å²) in [4.78, 5) is 16.7. The Balaban J connectivity index is 2.05. The molecule has 0 unspecified atom stereocenters. The highest BCUT2D eigenvalue weighted by molar-refractivity contribution is 5.96. The minimum Gasteiger partial charge on any atom is -0.477 e. The van der Waals surface area contributed by atoms with Crippen molar-refractivity contribution in [1.82, 2.24) is 14.6 Å². The zero-order chi connectivity index (χ0) is 21.4. The molecule has 2 aromatic heterocycles. The van der Waals surface area contributed by atoms with E-state index in [4.69, 9.17) is 4.74 Å². The van der Waals surface area contributed by atoms with E-state index in [0.717, 1.165) is 6.07 Å². The van der Waals surface area contributed by atoms with Crippen LogP contribution in [0.5, 0.6) is 5.88 Å². The summed E-state index contributed by atoms with van der Waals surface area (Å²) in [5.74, 6) is -0.104. The first kappa shape index (κ1) is 20.6. The molecule has 29 heavy (non-hydrogen) atoms. The van der Waals surface area contributed by atoms with Crippen molar-refractivity contribution in [2.45, 2.75) is 33.9 Å². The molecule has 0 fully saturated rings. The number of aromatic nitrogens is 3. The third kappa shape index (κ3) is 4.49. The van der Waals surface area contributed by atoms with Crippen LogP contribution in [0.2, 0.25) is 0 Å². The molecule has 1 N–H and O–H groups in total. The lowest BCUT2D eigenvalue weighted by atomic mass is 9.95. The summed E-state index contributed by atoms with van der Waals surface area (Å²) in [5, 5.41) is 6.65. The predicted molar refractivity (Wildman–Crippen MR) is 103 cm³/mol. The number of nitrogens with zero attached hydrogens (tertiary/aromatic N) is 3. The van der Waals surface area contributed by atoms with Crippen LogP contribution in [0.25, 0.3) is 16.9 Å². The molecule has 0 aliphatic heterocycles. The van der Waals surface area contributed by atoms with Crippen LogP contribution in [0.1, 0.15) is 33.3 Å². The molecule has 2 heterocycles. The Bertz CT molecular complexity index is 1050. The average Bonchev–Trinajstić information content (AvgIpc) is 3.03. The third-order valence-electron chi connectivity index (χ3n) is 4.14. The normalized spacial score (nSPS) is 12.2. The predicted octanol–water partition coefficient (Wildman–Crippen LogP) is 4.80. The van der Waals surface area contributed by atoms with Gasteiger partial charge in [-0.25, -0.2) is 9.50 Å². The van der Waals surface area contributed by atoms with E-state index in [2.05, 4.69) is 15.4 Å². The number of carbonyl (C=O) groups is 1. The molecule has 0 radical (unpaired) electrons.